The lowest BCUT2D eigenvalue weighted by molar-refractivity contribution is -0.385. The quantitative estimate of drug-likeness (QED) is 0.459. The van der Waals surface area contributed by atoms with Crippen molar-refractivity contribution in [3.63, 3.8) is 0 Å². The molecule has 0 aliphatic carbocycles. The zero-order chi connectivity index (χ0) is 15.1. The van der Waals surface area contributed by atoms with E-state index in [2.05, 4.69) is 10.6 Å². The molecule has 0 saturated carbocycles. The van der Waals surface area contributed by atoms with Crippen LogP contribution in [-0.4, -0.2) is 23.4 Å². The molecule has 1 aromatic carbocycles. The Bertz CT molecular complexity index is 492. The largest absolute Gasteiger partial charge is 0.354 e. The Kier molecular flexibility index (Phi) is 6.41. The Morgan fingerprint density at radius 3 is 2.75 bits per heavy atom. The zero-order valence-electron chi connectivity index (χ0n) is 11.5. The number of benzene rings is 1. The summed E-state index contributed by atoms with van der Waals surface area (Å²) in [7, 11) is 0. The smallest absolute Gasteiger partial charge is 0.275 e. The minimum absolute atomic E-state index is 0.0170. The molecule has 20 heavy (non-hydrogen) atoms. The monoisotopic (exact) mass is 299 g/mol. The van der Waals surface area contributed by atoms with Crippen LogP contribution in [0.5, 0.6) is 0 Å². The highest BCUT2D eigenvalue weighted by Crippen LogP contribution is 2.22. The second kappa shape index (κ2) is 7.81. The van der Waals surface area contributed by atoms with Gasteiger partial charge in [0.1, 0.15) is 0 Å². The van der Waals surface area contributed by atoms with Crippen molar-refractivity contribution >= 4 is 23.2 Å². The van der Waals surface area contributed by atoms with Gasteiger partial charge in [-0.05, 0) is 26.0 Å². The van der Waals surface area contributed by atoms with Gasteiger partial charge in [0.25, 0.3) is 5.69 Å². The summed E-state index contributed by atoms with van der Waals surface area (Å²) in [6.45, 7) is 4.56. The van der Waals surface area contributed by atoms with Gasteiger partial charge in [0, 0.05) is 42.2 Å². The molecule has 0 heterocycles. The zero-order valence-corrected chi connectivity index (χ0v) is 12.2. The second-order valence-electron chi connectivity index (χ2n) is 4.68. The number of amides is 1. The molecule has 1 rings (SSSR count). The Labute approximate surface area is 122 Å². The Balaban J connectivity index is 2.46. The molecule has 6 nitrogen and oxygen atoms in total. The van der Waals surface area contributed by atoms with Crippen molar-refractivity contribution in [1.29, 1.82) is 0 Å². The van der Waals surface area contributed by atoms with Gasteiger partial charge in [-0.25, -0.2) is 0 Å². The fraction of sp³-hybridized carbons (Fsp3) is 0.462. The summed E-state index contributed by atoms with van der Waals surface area (Å²) >= 11 is 5.73. The third-order valence-electron chi connectivity index (χ3n) is 2.54. The van der Waals surface area contributed by atoms with Crippen LogP contribution in [0, 0.1) is 10.1 Å². The molecule has 0 spiro atoms. The standard InChI is InChI=1S/C13H18ClN3O3/c1-9(2)16-13(18)5-6-15-8-10-3-4-11(14)7-12(10)17(19)20/h3-4,7,9,15H,5-6,8H2,1-2H3,(H,16,18). The molecule has 0 fully saturated rings. The van der Waals surface area contributed by atoms with Gasteiger partial charge in [0.2, 0.25) is 5.91 Å². The van der Waals surface area contributed by atoms with Crippen LogP contribution in [0.15, 0.2) is 18.2 Å². The molecular formula is C13H18ClN3O3. The number of carbonyl (C=O) groups excluding carboxylic acids is 1. The molecule has 0 unspecified atom stereocenters. The molecule has 1 aromatic rings. The number of rotatable bonds is 7. The fourth-order valence-electron chi connectivity index (χ4n) is 1.68. The first-order chi connectivity index (χ1) is 9.40. The molecule has 7 heteroatoms. The van der Waals surface area contributed by atoms with E-state index < -0.39 is 4.92 Å². The molecule has 0 aliphatic heterocycles. The van der Waals surface area contributed by atoms with Crippen molar-refractivity contribution in [1.82, 2.24) is 10.6 Å². The van der Waals surface area contributed by atoms with Gasteiger partial charge in [0.15, 0.2) is 0 Å². The number of halogens is 1. The Morgan fingerprint density at radius 2 is 2.15 bits per heavy atom. The van der Waals surface area contributed by atoms with Gasteiger partial charge >= 0.3 is 0 Å². The normalized spacial score (nSPS) is 10.6. The number of carbonyl (C=O) groups is 1. The molecule has 1 amide bonds. The van der Waals surface area contributed by atoms with E-state index in [9.17, 15) is 14.9 Å². The van der Waals surface area contributed by atoms with E-state index in [0.717, 1.165) is 0 Å². The summed E-state index contributed by atoms with van der Waals surface area (Å²) in [4.78, 5) is 21.8. The van der Waals surface area contributed by atoms with E-state index in [0.29, 0.717) is 30.1 Å². The lowest BCUT2D eigenvalue weighted by atomic mass is 10.2. The average molecular weight is 300 g/mol. The predicted molar refractivity (Wildman–Crippen MR) is 77.7 cm³/mol. The van der Waals surface area contributed by atoms with Gasteiger partial charge in [0.05, 0.1) is 4.92 Å². The lowest BCUT2D eigenvalue weighted by Crippen LogP contribution is -2.32. The SMILES string of the molecule is CC(C)NC(=O)CCNCc1ccc(Cl)cc1[N+](=O)[O-]. The molecular weight excluding hydrogens is 282 g/mol. The van der Waals surface area contributed by atoms with Crippen molar-refractivity contribution in [3.8, 4) is 0 Å². The van der Waals surface area contributed by atoms with Crippen LogP contribution in [0.25, 0.3) is 0 Å². The van der Waals surface area contributed by atoms with Crippen LogP contribution in [0.3, 0.4) is 0 Å². The van der Waals surface area contributed by atoms with Crippen molar-refractivity contribution in [2.24, 2.45) is 0 Å². The molecule has 0 bridgehead atoms. The van der Waals surface area contributed by atoms with Crippen molar-refractivity contribution in [3.05, 3.63) is 38.9 Å². The molecule has 2 N–H and O–H groups in total. The third kappa shape index (κ3) is 5.54. The minimum atomic E-state index is -0.464. The van der Waals surface area contributed by atoms with E-state index in [4.69, 9.17) is 11.6 Å². The topological polar surface area (TPSA) is 84.3 Å². The van der Waals surface area contributed by atoms with E-state index >= 15 is 0 Å². The van der Waals surface area contributed by atoms with Crippen molar-refractivity contribution < 1.29 is 9.72 Å². The van der Waals surface area contributed by atoms with Crippen LogP contribution >= 0.6 is 11.6 Å². The Morgan fingerprint density at radius 1 is 1.45 bits per heavy atom. The molecule has 0 aromatic heterocycles. The number of nitro groups is 1. The fourth-order valence-corrected chi connectivity index (χ4v) is 1.84. The first kappa shape index (κ1) is 16.4. The number of nitrogens with one attached hydrogen (secondary N) is 2. The molecule has 0 aliphatic rings. The molecule has 110 valence electrons. The van der Waals surface area contributed by atoms with Gasteiger partial charge < -0.3 is 10.6 Å². The van der Waals surface area contributed by atoms with E-state index in [1.165, 1.54) is 6.07 Å². The predicted octanol–water partition coefficient (Wildman–Crippen LogP) is 2.25. The maximum atomic E-state index is 11.4. The Hall–Kier alpha value is -1.66. The summed E-state index contributed by atoms with van der Waals surface area (Å²) in [5.41, 5.74) is 0.528. The highest BCUT2D eigenvalue weighted by atomic mass is 35.5. The van der Waals surface area contributed by atoms with Crippen molar-refractivity contribution in [2.75, 3.05) is 6.54 Å². The van der Waals surface area contributed by atoms with E-state index in [1.807, 2.05) is 13.8 Å². The van der Waals surface area contributed by atoms with Crippen LogP contribution < -0.4 is 10.6 Å². The highest BCUT2D eigenvalue weighted by molar-refractivity contribution is 6.30. The van der Waals surface area contributed by atoms with Gasteiger partial charge in [-0.2, -0.15) is 0 Å². The van der Waals surface area contributed by atoms with Crippen LogP contribution in [-0.2, 0) is 11.3 Å². The number of nitro benzene ring substituents is 1. The van der Waals surface area contributed by atoms with Gasteiger partial charge in [-0.3, -0.25) is 14.9 Å². The van der Waals surface area contributed by atoms with Crippen LogP contribution in [0.2, 0.25) is 5.02 Å². The number of hydrogen-bond acceptors (Lipinski definition) is 4. The summed E-state index contributed by atoms with van der Waals surface area (Å²) in [5, 5.41) is 17.0. The maximum Gasteiger partial charge on any atom is 0.275 e. The van der Waals surface area contributed by atoms with E-state index in [1.54, 1.807) is 12.1 Å². The molecule has 0 radical (unpaired) electrons. The van der Waals surface area contributed by atoms with Crippen molar-refractivity contribution in [2.45, 2.75) is 32.9 Å². The summed E-state index contributed by atoms with van der Waals surface area (Å²) in [6, 6.07) is 4.66. The lowest BCUT2D eigenvalue weighted by Gasteiger charge is -2.09. The number of nitrogens with zero attached hydrogens (tertiary/aromatic N) is 1. The molecule has 0 atom stereocenters. The second-order valence-corrected chi connectivity index (χ2v) is 5.12. The first-order valence-corrected chi connectivity index (χ1v) is 6.71. The van der Waals surface area contributed by atoms with Gasteiger partial charge in [-0.15, -0.1) is 0 Å². The van der Waals surface area contributed by atoms with Gasteiger partial charge in [-0.1, -0.05) is 11.6 Å². The number of hydrogen-bond donors (Lipinski definition) is 2. The highest BCUT2D eigenvalue weighted by Gasteiger charge is 2.13. The molecule has 0 saturated heterocycles. The van der Waals surface area contributed by atoms with Crippen LogP contribution in [0.4, 0.5) is 5.69 Å². The summed E-state index contributed by atoms with van der Waals surface area (Å²) < 4.78 is 0. The van der Waals surface area contributed by atoms with Crippen LogP contribution in [0.1, 0.15) is 25.8 Å². The maximum absolute atomic E-state index is 11.4. The third-order valence-corrected chi connectivity index (χ3v) is 2.77. The first-order valence-electron chi connectivity index (χ1n) is 6.33. The van der Waals surface area contributed by atoms with E-state index in [-0.39, 0.29) is 17.6 Å². The summed E-state index contributed by atoms with van der Waals surface area (Å²) in [5.74, 6) is -0.0434. The average Bonchev–Trinajstić information content (AvgIpc) is 2.34. The minimum Gasteiger partial charge on any atom is -0.354 e. The summed E-state index contributed by atoms with van der Waals surface area (Å²) in [6.07, 6.45) is 0.333.